The van der Waals surface area contributed by atoms with E-state index in [1.807, 2.05) is 37.3 Å². The van der Waals surface area contributed by atoms with Gasteiger partial charge in [-0.1, -0.05) is 60.2 Å². The average Bonchev–Trinajstić information content (AvgIpc) is 2.90. The molecule has 27 heavy (non-hydrogen) atoms. The highest BCUT2D eigenvalue weighted by atomic mass is 32.2. The maximum Gasteiger partial charge on any atom is 0.234 e. The normalized spacial score (nSPS) is 22.3. The summed E-state index contributed by atoms with van der Waals surface area (Å²) in [4.78, 5) is 12.5. The smallest absolute Gasteiger partial charge is 0.234 e. The molecule has 2 aromatic carbocycles. The van der Waals surface area contributed by atoms with Crippen molar-refractivity contribution in [2.24, 2.45) is 0 Å². The van der Waals surface area contributed by atoms with Crippen LogP contribution < -0.4 is 10.6 Å². The topological polar surface area (TPSA) is 75.3 Å². The third kappa shape index (κ3) is 5.17. The number of sulfone groups is 1. The van der Waals surface area contributed by atoms with E-state index in [2.05, 4.69) is 34.9 Å². The summed E-state index contributed by atoms with van der Waals surface area (Å²) in [6.45, 7) is 3.95. The Morgan fingerprint density at radius 1 is 1.07 bits per heavy atom. The van der Waals surface area contributed by atoms with Crippen molar-refractivity contribution in [3.63, 3.8) is 0 Å². The van der Waals surface area contributed by atoms with E-state index >= 15 is 0 Å². The van der Waals surface area contributed by atoms with Crippen LogP contribution in [0.4, 0.5) is 0 Å². The Labute approximate surface area is 161 Å². The van der Waals surface area contributed by atoms with Gasteiger partial charge in [-0.3, -0.25) is 10.1 Å². The molecule has 0 unspecified atom stereocenters. The summed E-state index contributed by atoms with van der Waals surface area (Å²) in [6.07, 6.45) is 0.459. The molecule has 0 spiro atoms. The summed E-state index contributed by atoms with van der Waals surface area (Å²) in [6, 6.07) is 18.1. The van der Waals surface area contributed by atoms with E-state index in [-0.39, 0.29) is 30.0 Å². The second-order valence-electron chi connectivity index (χ2n) is 7.59. The molecule has 0 aliphatic carbocycles. The highest BCUT2D eigenvalue weighted by Gasteiger charge is 2.39. The number of rotatable bonds is 6. The number of carbonyl (C=O) groups is 1. The van der Waals surface area contributed by atoms with Gasteiger partial charge in [-0.2, -0.15) is 0 Å². The van der Waals surface area contributed by atoms with E-state index < -0.39 is 15.4 Å². The zero-order valence-corrected chi connectivity index (χ0v) is 16.6. The molecule has 1 fully saturated rings. The Morgan fingerprint density at radius 3 is 2.30 bits per heavy atom. The zero-order chi connectivity index (χ0) is 19.5. The van der Waals surface area contributed by atoms with E-state index in [1.165, 1.54) is 5.56 Å². The van der Waals surface area contributed by atoms with Crippen LogP contribution in [0.15, 0.2) is 54.6 Å². The first-order valence-electron chi connectivity index (χ1n) is 9.13. The van der Waals surface area contributed by atoms with Crippen molar-refractivity contribution in [1.82, 2.24) is 10.6 Å². The Balaban J connectivity index is 1.70. The maximum absolute atomic E-state index is 12.5. The van der Waals surface area contributed by atoms with Gasteiger partial charge in [0.05, 0.1) is 29.6 Å². The molecular weight excluding hydrogens is 360 g/mol. The fourth-order valence-electron chi connectivity index (χ4n) is 3.52. The molecular formula is C21H26N2O3S. The number of hydrogen-bond donors (Lipinski definition) is 2. The van der Waals surface area contributed by atoms with Crippen LogP contribution in [0.3, 0.4) is 0 Å². The zero-order valence-electron chi connectivity index (χ0n) is 15.7. The third-order valence-electron chi connectivity index (χ3n) is 4.95. The predicted molar refractivity (Wildman–Crippen MR) is 107 cm³/mol. The quantitative estimate of drug-likeness (QED) is 0.799. The van der Waals surface area contributed by atoms with Gasteiger partial charge in [0.15, 0.2) is 9.84 Å². The Kier molecular flexibility index (Phi) is 5.67. The van der Waals surface area contributed by atoms with Crippen LogP contribution in [0.1, 0.15) is 36.1 Å². The molecule has 1 aliphatic rings. The molecule has 3 rings (SSSR count). The van der Waals surface area contributed by atoms with Gasteiger partial charge in [-0.05, 0) is 31.4 Å². The minimum absolute atomic E-state index is 0.00577. The molecule has 144 valence electrons. The van der Waals surface area contributed by atoms with Gasteiger partial charge in [-0.15, -0.1) is 0 Å². The van der Waals surface area contributed by atoms with E-state index in [0.717, 1.165) is 11.1 Å². The van der Waals surface area contributed by atoms with Crippen LogP contribution in [0.2, 0.25) is 0 Å². The number of aryl methyl sites for hydroxylation is 1. The number of carbonyl (C=O) groups excluding carboxylic acids is 1. The number of hydrogen-bond acceptors (Lipinski definition) is 4. The second kappa shape index (κ2) is 7.82. The lowest BCUT2D eigenvalue weighted by Crippen LogP contribution is -2.50. The van der Waals surface area contributed by atoms with Gasteiger partial charge in [0, 0.05) is 0 Å². The van der Waals surface area contributed by atoms with Crippen LogP contribution in [0.5, 0.6) is 0 Å². The van der Waals surface area contributed by atoms with Gasteiger partial charge in [0.2, 0.25) is 5.91 Å². The summed E-state index contributed by atoms with van der Waals surface area (Å²) >= 11 is 0. The van der Waals surface area contributed by atoms with E-state index in [9.17, 15) is 13.2 Å². The van der Waals surface area contributed by atoms with Crippen LogP contribution in [0, 0.1) is 6.92 Å². The Bertz CT molecular complexity index is 895. The molecule has 1 saturated heterocycles. The largest absolute Gasteiger partial charge is 0.349 e. The molecule has 2 aromatic rings. The lowest BCUT2D eigenvalue weighted by molar-refractivity contribution is -0.121. The highest BCUT2D eigenvalue weighted by molar-refractivity contribution is 7.91. The first-order chi connectivity index (χ1) is 12.8. The lowest BCUT2D eigenvalue weighted by atomic mass is 9.97. The SMILES string of the molecule is Cc1ccc([C@H](NCC(=O)N[C@]2(C)CCS(=O)(=O)C2)c2ccccc2)cc1. The molecule has 0 aromatic heterocycles. The molecule has 2 N–H and O–H groups in total. The maximum atomic E-state index is 12.5. The number of nitrogens with one attached hydrogen (secondary N) is 2. The monoisotopic (exact) mass is 386 g/mol. The van der Waals surface area contributed by atoms with Gasteiger partial charge < -0.3 is 5.32 Å². The van der Waals surface area contributed by atoms with Crippen LogP contribution in [-0.2, 0) is 14.6 Å². The summed E-state index contributed by atoms with van der Waals surface area (Å²) in [5, 5.41) is 6.22. The standard InChI is InChI=1S/C21H26N2O3S/c1-16-8-10-18(11-9-16)20(17-6-4-3-5-7-17)22-14-19(24)23-21(2)12-13-27(25,26)15-21/h3-11,20,22H,12-15H2,1-2H3,(H,23,24)/t20-,21-/m1/s1. The molecule has 0 saturated carbocycles. The summed E-state index contributed by atoms with van der Waals surface area (Å²) in [7, 11) is -3.06. The highest BCUT2D eigenvalue weighted by Crippen LogP contribution is 2.24. The van der Waals surface area contributed by atoms with Crippen molar-refractivity contribution in [3.8, 4) is 0 Å². The van der Waals surface area contributed by atoms with Crippen molar-refractivity contribution in [2.45, 2.75) is 31.8 Å². The van der Waals surface area contributed by atoms with E-state index in [1.54, 1.807) is 6.92 Å². The molecule has 2 atom stereocenters. The van der Waals surface area contributed by atoms with Crippen LogP contribution >= 0.6 is 0 Å². The molecule has 1 aliphatic heterocycles. The summed E-state index contributed by atoms with van der Waals surface area (Å²) in [5.41, 5.74) is 2.65. The van der Waals surface area contributed by atoms with Gasteiger partial charge in [-0.25, -0.2) is 8.42 Å². The first kappa shape index (κ1) is 19.6. The fraction of sp³-hybridized carbons (Fsp3) is 0.381. The molecule has 5 nitrogen and oxygen atoms in total. The summed E-state index contributed by atoms with van der Waals surface area (Å²) in [5.74, 6) is -0.0541. The predicted octanol–water partition coefficient (Wildman–Crippen LogP) is 2.37. The van der Waals surface area contributed by atoms with Crippen molar-refractivity contribution in [3.05, 3.63) is 71.3 Å². The molecule has 6 heteroatoms. The Morgan fingerprint density at radius 2 is 1.70 bits per heavy atom. The fourth-order valence-corrected chi connectivity index (χ4v) is 5.61. The van der Waals surface area contributed by atoms with E-state index in [0.29, 0.717) is 6.42 Å². The molecule has 0 bridgehead atoms. The summed E-state index contributed by atoms with van der Waals surface area (Å²) < 4.78 is 23.4. The van der Waals surface area contributed by atoms with Crippen LogP contribution in [-0.4, -0.2) is 37.9 Å². The molecule has 0 radical (unpaired) electrons. The van der Waals surface area contributed by atoms with Crippen molar-refractivity contribution in [1.29, 1.82) is 0 Å². The van der Waals surface area contributed by atoms with Crippen LogP contribution in [0.25, 0.3) is 0 Å². The average molecular weight is 387 g/mol. The molecule has 1 amide bonds. The third-order valence-corrected chi connectivity index (χ3v) is 6.86. The molecule has 1 heterocycles. The minimum Gasteiger partial charge on any atom is -0.349 e. The van der Waals surface area contributed by atoms with Gasteiger partial charge in [0.25, 0.3) is 0 Å². The first-order valence-corrected chi connectivity index (χ1v) is 10.9. The number of amides is 1. The van der Waals surface area contributed by atoms with Gasteiger partial charge >= 0.3 is 0 Å². The number of benzene rings is 2. The van der Waals surface area contributed by atoms with Crippen molar-refractivity contribution in [2.75, 3.05) is 18.1 Å². The van der Waals surface area contributed by atoms with Crippen molar-refractivity contribution < 1.29 is 13.2 Å². The lowest BCUT2D eigenvalue weighted by Gasteiger charge is -2.25. The second-order valence-corrected chi connectivity index (χ2v) is 9.77. The van der Waals surface area contributed by atoms with E-state index in [4.69, 9.17) is 0 Å². The van der Waals surface area contributed by atoms with Gasteiger partial charge in [0.1, 0.15) is 0 Å². The van der Waals surface area contributed by atoms with Crippen molar-refractivity contribution >= 4 is 15.7 Å². The minimum atomic E-state index is -3.06. The Hall–Kier alpha value is -2.18.